The maximum atomic E-state index is 13.1. The van der Waals surface area contributed by atoms with E-state index in [2.05, 4.69) is 9.88 Å². The fourth-order valence-electron chi connectivity index (χ4n) is 2.90. The van der Waals surface area contributed by atoms with E-state index >= 15 is 0 Å². The lowest BCUT2D eigenvalue weighted by Gasteiger charge is -2.31. The first-order chi connectivity index (χ1) is 11.1. The number of pyridine rings is 1. The molecule has 122 valence electrons. The number of para-hydroxylation sites is 1. The van der Waals surface area contributed by atoms with E-state index in [-0.39, 0.29) is 0 Å². The van der Waals surface area contributed by atoms with Gasteiger partial charge < -0.3 is 4.90 Å². The van der Waals surface area contributed by atoms with Crippen LogP contribution in [0.1, 0.15) is 19.3 Å². The molecule has 1 aromatic carbocycles. The summed E-state index contributed by atoms with van der Waals surface area (Å²) in [6.07, 6.45) is 6.60. The smallest absolute Gasteiger partial charge is 0.266 e. The minimum absolute atomic E-state index is 0.355. The SMILES string of the molecule is CN(c1cccnc1)S(=O)(=O)c1ccccc1N1CCCCC1. The summed E-state index contributed by atoms with van der Waals surface area (Å²) < 4.78 is 27.4. The van der Waals surface area contributed by atoms with Crippen LogP contribution in [0.4, 0.5) is 11.4 Å². The van der Waals surface area contributed by atoms with Gasteiger partial charge in [0.15, 0.2) is 0 Å². The molecule has 0 aliphatic carbocycles. The van der Waals surface area contributed by atoms with Gasteiger partial charge in [-0.1, -0.05) is 12.1 Å². The Morgan fingerprint density at radius 1 is 1.04 bits per heavy atom. The zero-order chi connectivity index (χ0) is 16.3. The summed E-state index contributed by atoms with van der Waals surface area (Å²) in [7, 11) is -2.05. The van der Waals surface area contributed by atoms with Gasteiger partial charge >= 0.3 is 0 Å². The highest BCUT2D eigenvalue weighted by molar-refractivity contribution is 7.93. The molecule has 0 unspecified atom stereocenters. The fraction of sp³-hybridized carbons (Fsp3) is 0.353. The predicted molar refractivity (Wildman–Crippen MR) is 92.3 cm³/mol. The standard InChI is InChI=1S/C17H21N3O2S/c1-19(15-8-7-11-18-14-15)23(21,22)17-10-4-3-9-16(17)20-12-5-2-6-13-20/h3-4,7-11,14H,2,5-6,12-13H2,1H3. The summed E-state index contributed by atoms with van der Waals surface area (Å²) in [4.78, 5) is 6.54. The third-order valence-corrected chi connectivity index (χ3v) is 6.04. The van der Waals surface area contributed by atoms with Crippen molar-refractivity contribution in [1.29, 1.82) is 0 Å². The van der Waals surface area contributed by atoms with E-state index in [1.165, 1.54) is 10.7 Å². The number of hydrogen-bond acceptors (Lipinski definition) is 4. The molecule has 1 aromatic heterocycles. The molecule has 0 saturated carbocycles. The number of benzene rings is 1. The Bertz CT molecular complexity index is 756. The van der Waals surface area contributed by atoms with Crippen molar-refractivity contribution in [2.45, 2.75) is 24.2 Å². The van der Waals surface area contributed by atoms with Gasteiger partial charge in [-0.15, -0.1) is 0 Å². The van der Waals surface area contributed by atoms with Crippen LogP contribution in [0.25, 0.3) is 0 Å². The highest BCUT2D eigenvalue weighted by Gasteiger charge is 2.27. The quantitative estimate of drug-likeness (QED) is 0.864. The molecule has 6 heteroatoms. The van der Waals surface area contributed by atoms with Gasteiger partial charge in [0.25, 0.3) is 10.0 Å². The lowest BCUT2D eigenvalue weighted by molar-refractivity contribution is 0.570. The lowest BCUT2D eigenvalue weighted by Crippen LogP contribution is -2.33. The van der Waals surface area contributed by atoms with Gasteiger partial charge in [-0.05, 0) is 43.5 Å². The van der Waals surface area contributed by atoms with Gasteiger partial charge in [0.1, 0.15) is 4.90 Å². The third-order valence-electron chi connectivity index (χ3n) is 4.21. The second-order valence-electron chi connectivity index (χ2n) is 5.70. The summed E-state index contributed by atoms with van der Waals surface area (Å²) in [5, 5.41) is 0. The molecule has 3 rings (SSSR count). The zero-order valence-corrected chi connectivity index (χ0v) is 14.0. The molecule has 0 radical (unpaired) electrons. The molecule has 1 saturated heterocycles. The van der Waals surface area contributed by atoms with Crippen molar-refractivity contribution in [1.82, 2.24) is 4.98 Å². The second-order valence-corrected chi connectivity index (χ2v) is 7.64. The first-order valence-electron chi connectivity index (χ1n) is 7.83. The van der Waals surface area contributed by atoms with E-state index in [4.69, 9.17) is 0 Å². The maximum Gasteiger partial charge on any atom is 0.266 e. The number of rotatable bonds is 4. The fourth-order valence-corrected chi connectivity index (χ4v) is 4.29. The Kier molecular flexibility index (Phi) is 4.52. The molecule has 0 bridgehead atoms. The van der Waals surface area contributed by atoms with E-state index in [0.29, 0.717) is 10.6 Å². The minimum Gasteiger partial charge on any atom is -0.370 e. The van der Waals surface area contributed by atoms with Crippen LogP contribution in [0, 0.1) is 0 Å². The minimum atomic E-state index is -3.62. The first-order valence-corrected chi connectivity index (χ1v) is 9.27. The van der Waals surface area contributed by atoms with Gasteiger partial charge in [-0.25, -0.2) is 8.42 Å². The Labute approximate surface area is 137 Å². The summed E-state index contributed by atoms with van der Waals surface area (Å²) in [5.74, 6) is 0. The van der Waals surface area contributed by atoms with E-state index in [1.807, 2.05) is 12.1 Å². The van der Waals surface area contributed by atoms with Crippen molar-refractivity contribution in [3.8, 4) is 0 Å². The van der Waals surface area contributed by atoms with Crippen molar-refractivity contribution in [2.75, 3.05) is 29.3 Å². The molecular weight excluding hydrogens is 310 g/mol. The second kappa shape index (κ2) is 6.58. The monoisotopic (exact) mass is 331 g/mol. The van der Waals surface area contributed by atoms with Gasteiger partial charge in [-0.3, -0.25) is 9.29 Å². The molecule has 1 aliphatic heterocycles. The van der Waals surface area contributed by atoms with Gasteiger partial charge in [-0.2, -0.15) is 0 Å². The van der Waals surface area contributed by atoms with E-state index in [0.717, 1.165) is 31.6 Å². The van der Waals surface area contributed by atoms with Crippen LogP contribution < -0.4 is 9.21 Å². The van der Waals surface area contributed by atoms with Crippen LogP contribution in [0.5, 0.6) is 0 Å². The van der Waals surface area contributed by atoms with Crippen LogP contribution in [0.3, 0.4) is 0 Å². The molecular formula is C17H21N3O2S. The maximum absolute atomic E-state index is 13.1. The average Bonchev–Trinajstić information content (AvgIpc) is 2.62. The highest BCUT2D eigenvalue weighted by atomic mass is 32.2. The van der Waals surface area contributed by atoms with Crippen molar-refractivity contribution in [3.05, 3.63) is 48.8 Å². The Balaban J connectivity index is 2.00. The lowest BCUT2D eigenvalue weighted by atomic mass is 10.1. The van der Waals surface area contributed by atoms with Gasteiger partial charge in [0.2, 0.25) is 0 Å². The summed E-state index contributed by atoms with van der Waals surface area (Å²) in [5.41, 5.74) is 1.35. The van der Waals surface area contributed by atoms with Crippen LogP contribution in [0.2, 0.25) is 0 Å². The van der Waals surface area contributed by atoms with E-state index in [1.54, 1.807) is 43.7 Å². The van der Waals surface area contributed by atoms with Crippen LogP contribution in [-0.4, -0.2) is 33.5 Å². The van der Waals surface area contributed by atoms with Crippen molar-refractivity contribution in [3.63, 3.8) is 0 Å². The number of anilines is 2. The van der Waals surface area contributed by atoms with Crippen LogP contribution in [0.15, 0.2) is 53.7 Å². The third kappa shape index (κ3) is 3.17. The molecule has 0 spiro atoms. The van der Waals surface area contributed by atoms with Crippen molar-refractivity contribution in [2.24, 2.45) is 0 Å². The molecule has 0 atom stereocenters. The number of aromatic nitrogens is 1. The molecule has 1 aliphatic rings. The van der Waals surface area contributed by atoms with Crippen LogP contribution >= 0.6 is 0 Å². The number of nitrogens with zero attached hydrogens (tertiary/aromatic N) is 3. The van der Waals surface area contributed by atoms with Crippen molar-refractivity contribution >= 4 is 21.4 Å². The molecule has 2 aromatic rings. The molecule has 0 N–H and O–H groups in total. The molecule has 1 fully saturated rings. The normalized spacial score (nSPS) is 15.4. The zero-order valence-electron chi connectivity index (χ0n) is 13.2. The Morgan fingerprint density at radius 2 is 1.78 bits per heavy atom. The molecule has 5 nitrogen and oxygen atoms in total. The number of sulfonamides is 1. The van der Waals surface area contributed by atoms with E-state index < -0.39 is 10.0 Å². The Hall–Kier alpha value is -2.08. The van der Waals surface area contributed by atoms with Gasteiger partial charge in [0, 0.05) is 26.3 Å². The van der Waals surface area contributed by atoms with Crippen LogP contribution in [-0.2, 0) is 10.0 Å². The largest absolute Gasteiger partial charge is 0.370 e. The summed E-state index contributed by atoms with van der Waals surface area (Å²) in [6, 6.07) is 10.7. The molecule has 0 amide bonds. The number of hydrogen-bond donors (Lipinski definition) is 0. The first kappa shape index (κ1) is 15.8. The topological polar surface area (TPSA) is 53.5 Å². The summed E-state index contributed by atoms with van der Waals surface area (Å²) >= 11 is 0. The highest BCUT2D eigenvalue weighted by Crippen LogP contribution is 2.31. The van der Waals surface area contributed by atoms with Crippen molar-refractivity contribution < 1.29 is 8.42 Å². The number of piperidine rings is 1. The van der Waals surface area contributed by atoms with E-state index in [9.17, 15) is 8.42 Å². The molecule has 23 heavy (non-hydrogen) atoms. The molecule has 2 heterocycles. The Morgan fingerprint density at radius 3 is 2.48 bits per heavy atom. The summed E-state index contributed by atoms with van der Waals surface area (Å²) in [6.45, 7) is 1.81. The van der Waals surface area contributed by atoms with Gasteiger partial charge in [0.05, 0.1) is 17.6 Å². The average molecular weight is 331 g/mol. The predicted octanol–water partition coefficient (Wildman–Crippen LogP) is 2.90.